The molecule has 0 aliphatic carbocycles. The Morgan fingerprint density at radius 3 is 2.54 bits per heavy atom. The Morgan fingerprint density at radius 2 is 2.08 bits per heavy atom. The number of rotatable bonds is 6. The van der Waals surface area contributed by atoms with Gasteiger partial charge in [0.2, 0.25) is 0 Å². The van der Waals surface area contributed by atoms with Crippen LogP contribution in [0.3, 0.4) is 0 Å². The highest BCUT2D eigenvalue weighted by Crippen LogP contribution is 2.09. The van der Waals surface area contributed by atoms with Gasteiger partial charge in [-0.1, -0.05) is 13.0 Å². The topological polar surface area (TPSA) is 35.8 Å². The van der Waals surface area contributed by atoms with Gasteiger partial charge >= 0.3 is 0 Å². The van der Waals surface area contributed by atoms with E-state index in [-0.39, 0.29) is 6.04 Å². The molecule has 1 N–H and O–H groups in total. The smallest absolute Gasteiger partial charge is 0.0638 e. The van der Waals surface area contributed by atoms with Crippen molar-refractivity contribution in [3.8, 4) is 6.07 Å². The molecule has 0 spiro atoms. The molecule has 13 heavy (non-hydrogen) atoms. The lowest BCUT2D eigenvalue weighted by molar-refractivity contribution is 0.368. The SMILES string of the molecule is C=CCC(C)C(C)NC(C)CC#N. The summed E-state index contributed by atoms with van der Waals surface area (Å²) in [6.45, 7) is 10.1. The van der Waals surface area contributed by atoms with Gasteiger partial charge in [-0.3, -0.25) is 0 Å². The first kappa shape index (κ1) is 12.2. The van der Waals surface area contributed by atoms with Crippen LogP contribution < -0.4 is 5.32 Å². The van der Waals surface area contributed by atoms with Crippen molar-refractivity contribution < 1.29 is 0 Å². The van der Waals surface area contributed by atoms with E-state index in [0.29, 0.717) is 18.4 Å². The summed E-state index contributed by atoms with van der Waals surface area (Å²) in [7, 11) is 0. The molecule has 3 atom stereocenters. The lowest BCUT2D eigenvalue weighted by Gasteiger charge is -2.23. The maximum atomic E-state index is 8.49. The number of nitrogens with one attached hydrogen (secondary N) is 1. The quantitative estimate of drug-likeness (QED) is 0.637. The van der Waals surface area contributed by atoms with Crippen molar-refractivity contribution in [2.45, 2.75) is 45.7 Å². The third-order valence-corrected chi connectivity index (χ3v) is 2.34. The molecule has 3 unspecified atom stereocenters. The highest BCUT2D eigenvalue weighted by atomic mass is 14.9. The van der Waals surface area contributed by atoms with Crippen molar-refractivity contribution in [1.29, 1.82) is 5.26 Å². The van der Waals surface area contributed by atoms with Crippen LogP contribution in [0.2, 0.25) is 0 Å². The monoisotopic (exact) mass is 180 g/mol. The molecule has 2 heteroatoms. The molecule has 74 valence electrons. The fourth-order valence-corrected chi connectivity index (χ4v) is 1.28. The summed E-state index contributed by atoms with van der Waals surface area (Å²) in [4.78, 5) is 0. The highest BCUT2D eigenvalue weighted by molar-refractivity contribution is 4.82. The molecule has 0 radical (unpaired) electrons. The fourth-order valence-electron chi connectivity index (χ4n) is 1.28. The molecule has 0 fully saturated rings. The van der Waals surface area contributed by atoms with Crippen molar-refractivity contribution in [3.05, 3.63) is 12.7 Å². The lowest BCUT2D eigenvalue weighted by Crippen LogP contribution is -2.38. The number of hydrogen-bond donors (Lipinski definition) is 1. The molecule has 0 aliphatic rings. The van der Waals surface area contributed by atoms with Gasteiger partial charge in [0.05, 0.1) is 12.5 Å². The second-order valence-corrected chi connectivity index (χ2v) is 3.72. The van der Waals surface area contributed by atoms with Gasteiger partial charge in [-0.05, 0) is 26.2 Å². The van der Waals surface area contributed by atoms with E-state index < -0.39 is 0 Å². The van der Waals surface area contributed by atoms with E-state index in [1.54, 1.807) is 0 Å². The van der Waals surface area contributed by atoms with Crippen LogP contribution in [0.5, 0.6) is 0 Å². The largest absolute Gasteiger partial charge is 0.310 e. The van der Waals surface area contributed by atoms with E-state index in [4.69, 9.17) is 5.26 Å². The molecular weight excluding hydrogens is 160 g/mol. The molecule has 0 bridgehead atoms. The normalized spacial score (nSPS) is 17.1. The molecule has 0 saturated heterocycles. The van der Waals surface area contributed by atoms with Crippen LogP contribution in [-0.2, 0) is 0 Å². The van der Waals surface area contributed by atoms with E-state index >= 15 is 0 Å². The average molecular weight is 180 g/mol. The zero-order chi connectivity index (χ0) is 10.3. The second-order valence-electron chi connectivity index (χ2n) is 3.72. The maximum Gasteiger partial charge on any atom is 0.0638 e. The van der Waals surface area contributed by atoms with Crippen LogP contribution in [0, 0.1) is 17.2 Å². The van der Waals surface area contributed by atoms with Crippen LogP contribution in [0.4, 0.5) is 0 Å². The fraction of sp³-hybridized carbons (Fsp3) is 0.727. The predicted octanol–water partition coefficient (Wildman–Crippen LogP) is 2.48. The molecular formula is C11H20N2. The van der Waals surface area contributed by atoms with Gasteiger partial charge in [0.15, 0.2) is 0 Å². The number of nitriles is 1. The summed E-state index contributed by atoms with van der Waals surface area (Å²) in [5.41, 5.74) is 0. The van der Waals surface area contributed by atoms with Crippen molar-refractivity contribution in [3.63, 3.8) is 0 Å². The molecule has 0 aliphatic heterocycles. The third kappa shape index (κ3) is 5.43. The van der Waals surface area contributed by atoms with Crippen LogP contribution in [0.15, 0.2) is 12.7 Å². The Bertz CT molecular complexity index is 181. The van der Waals surface area contributed by atoms with Gasteiger partial charge in [0, 0.05) is 12.1 Å². The molecule has 0 amide bonds. The average Bonchev–Trinajstić information content (AvgIpc) is 2.05. The first-order valence-corrected chi connectivity index (χ1v) is 4.85. The number of nitrogens with zero attached hydrogens (tertiary/aromatic N) is 1. The minimum Gasteiger partial charge on any atom is -0.310 e. The summed E-state index contributed by atoms with van der Waals surface area (Å²) in [6, 6.07) is 2.89. The standard InChI is InChI=1S/C11H20N2/c1-5-6-9(2)11(4)13-10(3)7-8-12/h5,9-11,13H,1,6-7H2,2-4H3. The van der Waals surface area contributed by atoms with E-state index in [1.807, 2.05) is 13.0 Å². The van der Waals surface area contributed by atoms with Gasteiger partial charge in [-0.15, -0.1) is 6.58 Å². The summed E-state index contributed by atoms with van der Waals surface area (Å²) in [6.07, 6.45) is 3.54. The molecule has 0 aromatic carbocycles. The first-order valence-electron chi connectivity index (χ1n) is 4.85. The molecule has 0 aromatic rings. The molecule has 0 saturated carbocycles. The van der Waals surface area contributed by atoms with Crippen molar-refractivity contribution in [1.82, 2.24) is 5.32 Å². The Hall–Kier alpha value is -0.810. The summed E-state index contributed by atoms with van der Waals surface area (Å²) in [5, 5.41) is 11.9. The van der Waals surface area contributed by atoms with Crippen molar-refractivity contribution >= 4 is 0 Å². The van der Waals surface area contributed by atoms with E-state index in [2.05, 4.69) is 31.8 Å². The number of allylic oxidation sites excluding steroid dienone is 1. The van der Waals surface area contributed by atoms with E-state index in [9.17, 15) is 0 Å². The van der Waals surface area contributed by atoms with Crippen LogP contribution in [0.25, 0.3) is 0 Å². The Balaban J connectivity index is 3.78. The van der Waals surface area contributed by atoms with Gasteiger partial charge in [-0.25, -0.2) is 0 Å². The molecule has 0 rings (SSSR count). The summed E-state index contributed by atoms with van der Waals surface area (Å²) >= 11 is 0. The van der Waals surface area contributed by atoms with E-state index in [1.165, 1.54) is 0 Å². The molecule has 0 aromatic heterocycles. The van der Waals surface area contributed by atoms with Gasteiger partial charge in [0.1, 0.15) is 0 Å². The number of hydrogen-bond acceptors (Lipinski definition) is 2. The van der Waals surface area contributed by atoms with Crippen molar-refractivity contribution in [2.75, 3.05) is 0 Å². The minimum absolute atomic E-state index is 0.285. The lowest BCUT2D eigenvalue weighted by atomic mass is 9.99. The summed E-state index contributed by atoms with van der Waals surface area (Å²) < 4.78 is 0. The zero-order valence-corrected chi connectivity index (χ0v) is 8.88. The Labute approximate surface area is 81.6 Å². The Kier molecular flexibility index (Phi) is 6.26. The highest BCUT2D eigenvalue weighted by Gasteiger charge is 2.12. The van der Waals surface area contributed by atoms with Crippen LogP contribution >= 0.6 is 0 Å². The van der Waals surface area contributed by atoms with Crippen LogP contribution in [0.1, 0.15) is 33.6 Å². The maximum absolute atomic E-state index is 8.49. The van der Waals surface area contributed by atoms with Crippen LogP contribution in [-0.4, -0.2) is 12.1 Å². The second kappa shape index (κ2) is 6.68. The predicted molar refractivity (Wildman–Crippen MR) is 56.3 cm³/mol. The minimum atomic E-state index is 0.285. The zero-order valence-electron chi connectivity index (χ0n) is 8.88. The van der Waals surface area contributed by atoms with Crippen molar-refractivity contribution in [2.24, 2.45) is 5.92 Å². The molecule has 0 heterocycles. The first-order chi connectivity index (χ1) is 6.11. The van der Waals surface area contributed by atoms with Gasteiger partial charge in [-0.2, -0.15) is 5.26 Å². The third-order valence-electron chi connectivity index (χ3n) is 2.34. The van der Waals surface area contributed by atoms with Gasteiger partial charge in [0.25, 0.3) is 0 Å². The molecule has 2 nitrogen and oxygen atoms in total. The van der Waals surface area contributed by atoms with E-state index in [0.717, 1.165) is 6.42 Å². The Morgan fingerprint density at radius 1 is 1.46 bits per heavy atom. The van der Waals surface area contributed by atoms with Gasteiger partial charge < -0.3 is 5.32 Å². The summed E-state index contributed by atoms with van der Waals surface area (Å²) in [5.74, 6) is 0.582.